The molecule has 0 aromatic carbocycles. The highest BCUT2D eigenvalue weighted by Crippen LogP contribution is 2.68. The summed E-state index contributed by atoms with van der Waals surface area (Å²) in [5.41, 5.74) is 0.581. The van der Waals surface area contributed by atoms with E-state index >= 15 is 0 Å². The van der Waals surface area contributed by atoms with Crippen molar-refractivity contribution in [2.45, 2.75) is 241 Å². The van der Waals surface area contributed by atoms with Crippen LogP contribution in [-0.2, 0) is 37.9 Å². The number of hydrogen-bond acceptors (Lipinski definition) is 21. The van der Waals surface area contributed by atoms with E-state index in [2.05, 4.69) is 34.6 Å². The fraction of sp³-hybridized carbons (Fsp3) is 1.00. The SMILES string of the molecule is CC(C)CCCC(C)C1CCC2C3CCC4C[C@@H](O[C@@H]5OC(CO)[C@@H](O[C@H]6OC(CO)[C@@H](O[C@H]7OC(CO)[C@@H](O[C@H]8OC(CO)[C@@H](O)C(O)C8O)C(O)[C@H]7O)C(O)C6O)C(O)C5O)CC[C@]4(C)C3CC[C@]12C. The van der Waals surface area contributed by atoms with Crippen LogP contribution in [0, 0.1) is 52.3 Å². The normalized spacial score (nSPS) is 52.4. The maximum Gasteiger partial charge on any atom is 0.187 e. The third-order valence-corrected chi connectivity index (χ3v) is 19.3. The molecule has 8 rings (SSSR count). The smallest absolute Gasteiger partial charge is 0.187 e. The number of aliphatic hydroxyl groups is 13. The molecule has 21 heteroatoms. The summed E-state index contributed by atoms with van der Waals surface area (Å²) in [5.74, 6) is 4.88. The molecule has 8 aliphatic rings. The highest BCUT2D eigenvalue weighted by atomic mass is 16.8. The number of rotatable bonds is 17. The third kappa shape index (κ3) is 11.0. The summed E-state index contributed by atoms with van der Waals surface area (Å²) >= 11 is 0. The van der Waals surface area contributed by atoms with Crippen LogP contribution in [0.1, 0.15) is 112 Å². The zero-order valence-electron chi connectivity index (χ0n) is 42.6. The average Bonchev–Trinajstić information content (AvgIpc) is 3.72. The minimum Gasteiger partial charge on any atom is -0.394 e. The molecule has 4 saturated heterocycles. The number of fused-ring (bicyclic) bond motifs is 5. The topological polar surface area (TPSA) is 337 Å². The van der Waals surface area contributed by atoms with E-state index in [0.717, 1.165) is 55.3 Å². The van der Waals surface area contributed by atoms with Crippen LogP contribution < -0.4 is 0 Å². The molecule has 4 saturated carbocycles. The van der Waals surface area contributed by atoms with E-state index in [-0.39, 0.29) is 11.5 Å². The molecule has 0 radical (unpaired) electrons. The predicted molar refractivity (Wildman–Crippen MR) is 250 cm³/mol. The summed E-state index contributed by atoms with van der Waals surface area (Å²) in [4.78, 5) is 0. The summed E-state index contributed by atoms with van der Waals surface area (Å²) in [6.45, 7) is 9.02. The summed E-state index contributed by atoms with van der Waals surface area (Å²) < 4.78 is 46.6. The molecule has 0 aromatic rings. The van der Waals surface area contributed by atoms with Crippen molar-refractivity contribution in [1.82, 2.24) is 0 Å². The Hall–Kier alpha value is -0.840. The second-order valence-corrected chi connectivity index (χ2v) is 23.8. The van der Waals surface area contributed by atoms with Crippen LogP contribution in [0.15, 0.2) is 0 Å². The summed E-state index contributed by atoms with van der Waals surface area (Å²) in [5, 5.41) is 139. The van der Waals surface area contributed by atoms with Crippen molar-refractivity contribution in [3.8, 4) is 0 Å². The Balaban J connectivity index is 0.843. The summed E-state index contributed by atoms with van der Waals surface area (Å²) in [6.07, 6.45) is -20.4. The van der Waals surface area contributed by atoms with Gasteiger partial charge >= 0.3 is 0 Å². The maximum absolute atomic E-state index is 11.5. The van der Waals surface area contributed by atoms with E-state index in [0.29, 0.717) is 17.3 Å². The van der Waals surface area contributed by atoms with E-state index in [4.69, 9.17) is 37.9 Å². The van der Waals surface area contributed by atoms with Gasteiger partial charge in [-0.2, -0.15) is 0 Å². The lowest BCUT2D eigenvalue weighted by Crippen LogP contribution is -2.67. The lowest BCUT2D eigenvalue weighted by Gasteiger charge is -2.61. The average molecular weight is 1040 g/mol. The number of hydrogen-bond donors (Lipinski definition) is 13. The van der Waals surface area contributed by atoms with Gasteiger partial charge in [0.15, 0.2) is 25.2 Å². The van der Waals surface area contributed by atoms with Crippen molar-refractivity contribution in [3.05, 3.63) is 0 Å². The van der Waals surface area contributed by atoms with Crippen LogP contribution >= 0.6 is 0 Å². The molecule has 21 nitrogen and oxygen atoms in total. The van der Waals surface area contributed by atoms with Crippen LogP contribution in [0.5, 0.6) is 0 Å². The molecule has 0 bridgehead atoms. The van der Waals surface area contributed by atoms with Crippen LogP contribution in [0.2, 0.25) is 0 Å². The van der Waals surface area contributed by atoms with Crippen molar-refractivity contribution in [2.75, 3.05) is 26.4 Å². The lowest BCUT2D eigenvalue weighted by atomic mass is 9.44. The Bertz CT molecular complexity index is 1710. The molecule has 4 aliphatic carbocycles. The van der Waals surface area contributed by atoms with Gasteiger partial charge in [-0.3, -0.25) is 0 Å². The second-order valence-electron chi connectivity index (χ2n) is 23.8. The first-order valence-electron chi connectivity index (χ1n) is 27.0. The van der Waals surface area contributed by atoms with Crippen molar-refractivity contribution in [3.63, 3.8) is 0 Å². The van der Waals surface area contributed by atoms with Crippen molar-refractivity contribution >= 4 is 0 Å². The van der Waals surface area contributed by atoms with E-state index in [1.165, 1.54) is 51.4 Å². The molecule has 4 aliphatic heterocycles. The minimum absolute atomic E-state index is 0.176. The van der Waals surface area contributed by atoms with Crippen molar-refractivity contribution in [2.24, 2.45) is 52.3 Å². The fourth-order valence-electron chi connectivity index (χ4n) is 15.2. The Labute approximate surface area is 422 Å². The standard InChI is InChI=1S/C51H88O21/c1-22(2)7-6-8-23(3)27-11-12-28-26-10-9-24-17-25(13-15-50(24,4)29(26)14-16-51(27,28)5)65-46-40(62)36(58)43(31(19-53)67-46)71-48-42(64)38(60)45(33(21-55)69-48)72-49-41(63)37(59)44(32(20-54)68-49)70-47-39(61)35(57)34(56)30(18-52)66-47/h22-49,52-64H,6-21H2,1-5H3/t23?,24?,25-,26?,27?,28?,29?,30?,31?,32?,33?,34+,35?,36?,37?,38?,39?,40?,41+,42?,43+,44+,45+,46+,47+,48+,49+,50-,51+/m0/s1. The van der Waals surface area contributed by atoms with Crippen LogP contribution in [-0.4, -0.2) is 222 Å². The van der Waals surface area contributed by atoms with Gasteiger partial charge in [0.05, 0.1) is 32.5 Å². The largest absolute Gasteiger partial charge is 0.394 e. The highest BCUT2D eigenvalue weighted by Gasteiger charge is 2.62. The molecule has 29 atom stereocenters. The Morgan fingerprint density at radius 2 is 0.903 bits per heavy atom. The molecule has 0 amide bonds. The van der Waals surface area contributed by atoms with Gasteiger partial charge in [0, 0.05) is 0 Å². The van der Waals surface area contributed by atoms with Crippen molar-refractivity contribution in [1.29, 1.82) is 0 Å². The first kappa shape index (κ1) is 57.3. The van der Waals surface area contributed by atoms with Crippen molar-refractivity contribution < 1.29 is 104 Å². The highest BCUT2D eigenvalue weighted by molar-refractivity contribution is 5.10. The van der Waals surface area contributed by atoms with Gasteiger partial charge < -0.3 is 104 Å². The molecule has 0 aromatic heterocycles. The zero-order chi connectivity index (χ0) is 52.1. The Kier molecular flexibility index (Phi) is 18.8. The molecule has 13 N–H and O–H groups in total. The Morgan fingerprint density at radius 1 is 0.458 bits per heavy atom. The molecule has 8 fully saturated rings. The lowest BCUT2D eigenvalue weighted by molar-refractivity contribution is -0.389. The van der Waals surface area contributed by atoms with E-state index < -0.39 is 149 Å². The van der Waals surface area contributed by atoms with Gasteiger partial charge in [-0.05, 0) is 110 Å². The summed E-state index contributed by atoms with van der Waals surface area (Å²) in [7, 11) is 0. The fourth-order valence-corrected chi connectivity index (χ4v) is 15.2. The van der Waals surface area contributed by atoms with Crippen LogP contribution in [0.3, 0.4) is 0 Å². The van der Waals surface area contributed by atoms with Gasteiger partial charge in [-0.1, -0.05) is 53.9 Å². The molecule has 418 valence electrons. The van der Waals surface area contributed by atoms with E-state index in [1.54, 1.807) is 0 Å². The first-order chi connectivity index (χ1) is 34.2. The summed E-state index contributed by atoms with van der Waals surface area (Å²) in [6, 6.07) is 0. The van der Waals surface area contributed by atoms with Crippen LogP contribution in [0.4, 0.5) is 0 Å². The quantitative estimate of drug-likeness (QED) is 0.0759. The maximum atomic E-state index is 11.5. The second kappa shape index (κ2) is 23.6. The molecular formula is C51H88O21. The van der Waals surface area contributed by atoms with Gasteiger partial charge in [-0.25, -0.2) is 0 Å². The van der Waals surface area contributed by atoms with E-state index in [1.807, 2.05) is 0 Å². The minimum atomic E-state index is -2.02. The molecule has 72 heavy (non-hydrogen) atoms. The van der Waals surface area contributed by atoms with Crippen LogP contribution in [0.25, 0.3) is 0 Å². The van der Waals surface area contributed by atoms with Gasteiger partial charge in [0.1, 0.15) is 97.7 Å². The third-order valence-electron chi connectivity index (χ3n) is 19.3. The van der Waals surface area contributed by atoms with Gasteiger partial charge in [0.25, 0.3) is 0 Å². The Morgan fingerprint density at radius 3 is 1.39 bits per heavy atom. The molecule has 17 unspecified atom stereocenters. The number of ether oxygens (including phenoxy) is 8. The zero-order valence-corrected chi connectivity index (χ0v) is 42.6. The van der Waals surface area contributed by atoms with Gasteiger partial charge in [-0.15, -0.1) is 0 Å². The predicted octanol–water partition coefficient (Wildman–Crippen LogP) is -1.23. The van der Waals surface area contributed by atoms with E-state index in [9.17, 15) is 66.4 Å². The van der Waals surface area contributed by atoms with Gasteiger partial charge in [0.2, 0.25) is 0 Å². The number of aliphatic hydroxyl groups excluding tert-OH is 13. The molecule has 4 heterocycles. The molecule has 0 spiro atoms. The molecular weight excluding hydrogens is 949 g/mol. The first-order valence-corrected chi connectivity index (χ1v) is 27.0. The monoisotopic (exact) mass is 1040 g/mol.